The number of rotatable bonds is 3. The van der Waals surface area contributed by atoms with Crippen molar-refractivity contribution in [3.05, 3.63) is 63.0 Å². The first-order chi connectivity index (χ1) is 10.2. The number of methoxy groups -OCH3 is 1. The molecule has 0 aliphatic carbocycles. The van der Waals surface area contributed by atoms with Crippen molar-refractivity contribution in [3.8, 4) is 0 Å². The lowest BCUT2D eigenvalue weighted by atomic mass is 10.1. The third kappa shape index (κ3) is 2.57. The van der Waals surface area contributed by atoms with Crippen molar-refractivity contribution < 1.29 is 9.53 Å². The molecule has 5 nitrogen and oxygen atoms in total. The summed E-state index contributed by atoms with van der Waals surface area (Å²) in [5, 5.41) is 1.30. The number of pyridine rings is 1. The molecule has 0 N–H and O–H groups in total. The second-order valence-electron chi connectivity index (χ2n) is 4.51. The van der Waals surface area contributed by atoms with Crippen molar-refractivity contribution >= 4 is 28.1 Å². The molecule has 21 heavy (non-hydrogen) atoms. The Morgan fingerprint density at radius 1 is 1.38 bits per heavy atom. The van der Waals surface area contributed by atoms with Crippen LogP contribution >= 0.6 is 11.3 Å². The summed E-state index contributed by atoms with van der Waals surface area (Å²) in [6, 6.07) is 6.84. The zero-order valence-electron chi connectivity index (χ0n) is 11.3. The number of ether oxygens (including phenoxy) is 1. The van der Waals surface area contributed by atoms with Crippen molar-refractivity contribution in [2.45, 2.75) is 6.54 Å². The van der Waals surface area contributed by atoms with Crippen LogP contribution in [0.4, 0.5) is 0 Å². The third-order valence-electron chi connectivity index (χ3n) is 3.21. The number of fused-ring (bicyclic) bond motifs is 1. The summed E-state index contributed by atoms with van der Waals surface area (Å²) >= 11 is 1.50. The molecule has 0 spiro atoms. The number of aromatic nitrogens is 2. The van der Waals surface area contributed by atoms with Gasteiger partial charge in [-0.25, -0.2) is 4.79 Å². The third-order valence-corrected chi connectivity index (χ3v) is 3.97. The van der Waals surface area contributed by atoms with Crippen molar-refractivity contribution in [2.75, 3.05) is 7.11 Å². The van der Waals surface area contributed by atoms with Crippen LogP contribution in [0.3, 0.4) is 0 Å². The smallest absolute Gasteiger partial charge is 0.337 e. The monoisotopic (exact) mass is 300 g/mol. The standard InChI is InChI=1S/C15H12N2O3S/c1-20-15(19)11-3-2-10-4-5-17(14(18)13(10)6-11)8-12-7-16-9-21-12/h2-7,9H,8H2,1H3. The van der Waals surface area contributed by atoms with E-state index < -0.39 is 5.97 Å². The minimum absolute atomic E-state index is 0.133. The molecule has 2 aromatic heterocycles. The van der Waals surface area contributed by atoms with Gasteiger partial charge in [0.25, 0.3) is 5.56 Å². The van der Waals surface area contributed by atoms with Crippen LogP contribution < -0.4 is 5.56 Å². The SMILES string of the molecule is COC(=O)c1ccc2ccn(Cc3cncs3)c(=O)c2c1. The summed E-state index contributed by atoms with van der Waals surface area (Å²) < 4.78 is 6.29. The van der Waals surface area contributed by atoms with Gasteiger partial charge >= 0.3 is 5.97 Å². The van der Waals surface area contributed by atoms with Crippen molar-refractivity contribution in [2.24, 2.45) is 0 Å². The molecule has 6 heteroatoms. The van der Waals surface area contributed by atoms with Crippen LogP contribution in [0.5, 0.6) is 0 Å². The van der Waals surface area contributed by atoms with Crippen molar-refractivity contribution in [1.82, 2.24) is 9.55 Å². The summed E-state index contributed by atoms with van der Waals surface area (Å²) in [5.74, 6) is -0.450. The predicted octanol–water partition coefficient (Wildman–Crippen LogP) is 2.29. The number of esters is 1. The number of nitrogens with zero attached hydrogens (tertiary/aromatic N) is 2. The fourth-order valence-corrected chi connectivity index (χ4v) is 2.73. The Bertz CT molecular complexity index is 853. The van der Waals surface area contributed by atoms with E-state index in [-0.39, 0.29) is 5.56 Å². The van der Waals surface area contributed by atoms with Crippen LogP contribution in [-0.4, -0.2) is 22.6 Å². The minimum Gasteiger partial charge on any atom is -0.465 e. The molecule has 106 valence electrons. The predicted molar refractivity (Wildman–Crippen MR) is 80.8 cm³/mol. The summed E-state index contributed by atoms with van der Waals surface area (Å²) in [4.78, 5) is 29.1. The lowest BCUT2D eigenvalue weighted by molar-refractivity contribution is 0.0601. The second-order valence-corrected chi connectivity index (χ2v) is 5.48. The van der Waals surface area contributed by atoms with Gasteiger partial charge in [0.05, 0.1) is 24.7 Å². The number of carbonyl (C=O) groups excluding carboxylic acids is 1. The Morgan fingerprint density at radius 3 is 2.95 bits per heavy atom. The lowest BCUT2D eigenvalue weighted by Gasteiger charge is -2.07. The van der Waals surface area contributed by atoms with E-state index in [1.807, 2.05) is 6.07 Å². The van der Waals surface area contributed by atoms with Gasteiger partial charge in [-0.3, -0.25) is 9.78 Å². The number of benzene rings is 1. The number of hydrogen-bond acceptors (Lipinski definition) is 5. The zero-order valence-corrected chi connectivity index (χ0v) is 12.1. The first-order valence-electron chi connectivity index (χ1n) is 6.28. The molecule has 1 aromatic carbocycles. The Kier molecular flexibility index (Phi) is 3.53. The highest BCUT2D eigenvalue weighted by Gasteiger charge is 2.09. The molecule has 0 aliphatic rings. The molecule has 0 aliphatic heterocycles. The average molecular weight is 300 g/mol. The Balaban J connectivity index is 2.10. The second kappa shape index (κ2) is 5.49. The van der Waals surface area contributed by atoms with Crippen LogP contribution in [0.15, 0.2) is 47.0 Å². The highest BCUT2D eigenvalue weighted by molar-refractivity contribution is 7.09. The molecule has 0 saturated carbocycles. The first kappa shape index (κ1) is 13.5. The van der Waals surface area contributed by atoms with Crippen LogP contribution in [0, 0.1) is 0 Å². The van der Waals surface area contributed by atoms with Gasteiger partial charge in [-0.2, -0.15) is 0 Å². The van der Waals surface area contributed by atoms with Crippen molar-refractivity contribution in [3.63, 3.8) is 0 Å². The summed E-state index contributed by atoms with van der Waals surface area (Å²) in [5.41, 5.74) is 1.97. The summed E-state index contributed by atoms with van der Waals surface area (Å²) in [6.07, 6.45) is 3.49. The maximum Gasteiger partial charge on any atom is 0.337 e. The molecule has 0 unspecified atom stereocenters. The normalized spacial score (nSPS) is 10.7. The van der Waals surface area contributed by atoms with E-state index in [1.165, 1.54) is 18.4 Å². The van der Waals surface area contributed by atoms with Gasteiger partial charge in [0.1, 0.15) is 0 Å². The Hall–Kier alpha value is -2.47. The Labute approximate surface area is 124 Å². The van der Waals surface area contributed by atoms with Gasteiger partial charge in [-0.1, -0.05) is 6.07 Å². The first-order valence-corrected chi connectivity index (χ1v) is 7.16. The summed E-state index contributed by atoms with van der Waals surface area (Å²) in [6.45, 7) is 0.474. The Morgan fingerprint density at radius 2 is 2.24 bits per heavy atom. The largest absolute Gasteiger partial charge is 0.465 e. The van der Waals surface area contributed by atoms with Gasteiger partial charge in [-0.15, -0.1) is 11.3 Å². The van der Waals surface area contributed by atoms with E-state index >= 15 is 0 Å². The van der Waals surface area contributed by atoms with Gasteiger partial charge < -0.3 is 9.30 Å². The van der Waals surface area contributed by atoms with Gasteiger partial charge in [0.15, 0.2) is 0 Å². The zero-order chi connectivity index (χ0) is 14.8. The molecule has 0 amide bonds. The highest BCUT2D eigenvalue weighted by Crippen LogP contribution is 2.14. The van der Waals surface area contributed by atoms with Crippen LogP contribution in [0.25, 0.3) is 10.8 Å². The lowest BCUT2D eigenvalue weighted by Crippen LogP contribution is -2.20. The quantitative estimate of drug-likeness (QED) is 0.696. The molecule has 0 fully saturated rings. The average Bonchev–Trinajstić information content (AvgIpc) is 3.02. The molecule has 3 aromatic rings. The number of hydrogen-bond donors (Lipinski definition) is 0. The molecule has 0 saturated heterocycles. The molecular formula is C15H12N2O3S. The molecule has 3 rings (SSSR count). The molecule has 0 atom stereocenters. The van der Waals surface area contributed by atoms with Gasteiger partial charge in [-0.05, 0) is 23.6 Å². The van der Waals surface area contributed by atoms with E-state index in [2.05, 4.69) is 9.72 Å². The van der Waals surface area contributed by atoms with Gasteiger partial charge in [0, 0.05) is 22.7 Å². The van der Waals surface area contributed by atoms with Gasteiger partial charge in [0.2, 0.25) is 0 Å². The van der Waals surface area contributed by atoms with Crippen LogP contribution in [0.1, 0.15) is 15.2 Å². The van der Waals surface area contributed by atoms with E-state index in [4.69, 9.17) is 0 Å². The molecule has 0 bridgehead atoms. The molecule has 2 heterocycles. The van der Waals surface area contributed by atoms with E-state index in [0.29, 0.717) is 17.5 Å². The van der Waals surface area contributed by atoms with Crippen molar-refractivity contribution in [1.29, 1.82) is 0 Å². The fourth-order valence-electron chi connectivity index (χ4n) is 2.14. The van der Waals surface area contributed by atoms with Crippen LogP contribution in [-0.2, 0) is 11.3 Å². The number of thiazole rings is 1. The number of carbonyl (C=O) groups is 1. The minimum atomic E-state index is -0.450. The molecule has 0 radical (unpaired) electrons. The summed E-state index contributed by atoms with van der Waals surface area (Å²) in [7, 11) is 1.32. The highest BCUT2D eigenvalue weighted by atomic mass is 32.1. The van der Waals surface area contributed by atoms with E-state index in [1.54, 1.807) is 40.7 Å². The van der Waals surface area contributed by atoms with Crippen LogP contribution in [0.2, 0.25) is 0 Å². The molecular weight excluding hydrogens is 288 g/mol. The van der Waals surface area contributed by atoms with E-state index in [9.17, 15) is 9.59 Å². The fraction of sp³-hybridized carbons (Fsp3) is 0.133. The maximum absolute atomic E-state index is 12.5. The van der Waals surface area contributed by atoms with E-state index in [0.717, 1.165) is 10.3 Å². The maximum atomic E-state index is 12.5. The topological polar surface area (TPSA) is 61.2 Å².